The van der Waals surface area contributed by atoms with Crippen molar-refractivity contribution in [1.82, 2.24) is 4.90 Å². The molecule has 1 saturated heterocycles. The van der Waals surface area contributed by atoms with E-state index < -0.39 is 0 Å². The van der Waals surface area contributed by atoms with Crippen molar-refractivity contribution in [3.8, 4) is 0 Å². The molecule has 0 aliphatic carbocycles. The Kier molecular flexibility index (Phi) is 2.34. The van der Waals surface area contributed by atoms with Crippen LogP contribution < -0.4 is 0 Å². The van der Waals surface area contributed by atoms with Crippen molar-refractivity contribution < 1.29 is 4.79 Å². The van der Waals surface area contributed by atoms with Crippen LogP contribution in [-0.4, -0.2) is 35.7 Å². The third-order valence-electron chi connectivity index (χ3n) is 2.91. The van der Waals surface area contributed by atoms with Crippen LogP contribution in [0.2, 0.25) is 0 Å². The molecule has 0 aromatic carbocycles. The first-order chi connectivity index (χ1) is 6.29. The average Bonchev–Trinajstić information content (AvgIpc) is 2.74. The highest BCUT2D eigenvalue weighted by Crippen LogP contribution is 2.22. The lowest BCUT2D eigenvalue weighted by Crippen LogP contribution is -2.38. The van der Waals surface area contributed by atoms with Crippen molar-refractivity contribution >= 4 is 11.6 Å². The molecule has 0 bridgehead atoms. The number of aliphatic imine (C=N–C) groups is 1. The van der Waals surface area contributed by atoms with Gasteiger partial charge in [0.25, 0.3) is 0 Å². The van der Waals surface area contributed by atoms with Crippen LogP contribution in [0, 0.1) is 0 Å². The van der Waals surface area contributed by atoms with Gasteiger partial charge in [-0.15, -0.1) is 0 Å². The molecular weight excluding hydrogens is 164 g/mol. The molecule has 0 amide bonds. The molecule has 2 aliphatic heterocycles. The highest BCUT2D eigenvalue weighted by Gasteiger charge is 2.30. The summed E-state index contributed by atoms with van der Waals surface area (Å²) in [6.07, 6.45) is 4.40. The molecule has 0 N–H and O–H groups in total. The average molecular weight is 180 g/mol. The Morgan fingerprint density at radius 1 is 1.54 bits per heavy atom. The molecule has 1 atom stereocenters. The van der Waals surface area contributed by atoms with Crippen LogP contribution >= 0.6 is 0 Å². The lowest BCUT2D eigenvalue weighted by atomic mass is 10.1. The van der Waals surface area contributed by atoms with Gasteiger partial charge in [-0.05, 0) is 26.2 Å². The van der Waals surface area contributed by atoms with Crippen molar-refractivity contribution in [2.24, 2.45) is 4.99 Å². The Labute approximate surface area is 78.8 Å². The summed E-state index contributed by atoms with van der Waals surface area (Å²) in [5.41, 5.74) is 0. The maximum atomic E-state index is 11.3. The summed E-state index contributed by atoms with van der Waals surface area (Å²) < 4.78 is 0. The molecule has 0 saturated carbocycles. The Morgan fingerprint density at radius 3 is 3.00 bits per heavy atom. The summed E-state index contributed by atoms with van der Waals surface area (Å²) in [6.45, 7) is 3.68. The number of hydrogen-bond acceptors (Lipinski definition) is 3. The van der Waals surface area contributed by atoms with E-state index in [0.717, 1.165) is 38.8 Å². The number of likely N-dealkylation sites (tertiary alicyclic amines) is 1. The largest absolute Gasteiger partial charge is 0.350 e. The first-order valence-corrected chi connectivity index (χ1v) is 5.09. The molecule has 1 unspecified atom stereocenters. The zero-order valence-corrected chi connectivity index (χ0v) is 8.12. The molecule has 0 aromatic heterocycles. The van der Waals surface area contributed by atoms with E-state index in [9.17, 15) is 4.79 Å². The van der Waals surface area contributed by atoms with E-state index in [0.29, 0.717) is 5.78 Å². The van der Waals surface area contributed by atoms with Crippen molar-refractivity contribution in [3.05, 3.63) is 0 Å². The molecule has 0 aromatic rings. The van der Waals surface area contributed by atoms with Crippen LogP contribution in [0.1, 0.15) is 32.6 Å². The van der Waals surface area contributed by atoms with Gasteiger partial charge in [0.1, 0.15) is 0 Å². The Morgan fingerprint density at radius 2 is 2.38 bits per heavy atom. The molecule has 0 spiro atoms. The van der Waals surface area contributed by atoms with Crippen LogP contribution in [0.25, 0.3) is 0 Å². The Hall–Kier alpha value is -0.860. The van der Waals surface area contributed by atoms with Crippen molar-refractivity contribution in [2.45, 2.75) is 38.6 Å². The lowest BCUT2D eigenvalue weighted by molar-refractivity contribution is -0.120. The predicted octanol–water partition coefficient (Wildman–Crippen LogP) is 1.23. The van der Waals surface area contributed by atoms with Gasteiger partial charge in [-0.2, -0.15) is 0 Å². The number of nitrogens with zero attached hydrogens (tertiary/aromatic N) is 2. The number of rotatable bonds is 1. The minimum absolute atomic E-state index is 0.136. The first-order valence-electron chi connectivity index (χ1n) is 5.09. The molecule has 1 fully saturated rings. The number of carbonyl (C=O) groups excluding carboxylic acids is 1. The number of amidine groups is 1. The third-order valence-corrected chi connectivity index (χ3v) is 2.91. The maximum Gasteiger partial charge on any atom is 0.152 e. The van der Waals surface area contributed by atoms with E-state index in [1.165, 1.54) is 5.84 Å². The first kappa shape index (κ1) is 8.73. The SMILES string of the molecule is CC(=O)C1CCCN1C1=NCCC1. The highest BCUT2D eigenvalue weighted by atomic mass is 16.1. The van der Waals surface area contributed by atoms with Gasteiger partial charge in [0.2, 0.25) is 0 Å². The minimum Gasteiger partial charge on any atom is -0.350 e. The molecule has 2 aliphatic rings. The maximum absolute atomic E-state index is 11.3. The van der Waals surface area contributed by atoms with Gasteiger partial charge in [-0.25, -0.2) is 0 Å². The molecule has 0 radical (unpaired) electrons. The molecule has 2 heterocycles. The fourth-order valence-electron chi connectivity index (χ4n) is 2.26. The number of hydrogen-bond donors (Lipinski definition) is 0. The van der Waals surface area contributed by atoms with E-state index in [-0.39, 0.29) is 6.04 Å². The summed E-state index contributed by atoms with van der Waals surface area (Å²) in [5, 5.41) is 0. The summed E-state index contributed by atoms with van der Waals surface area (Å²) in [5.74, 6) is 1.48. The second kappa shape index (κ2) is 3.48. The summed E-state index contributed by atoms with van der Waals surface area (Å²) in [7, 11) is 0. The van der Waals surface area contributed by atoms with E-state index in [1.807, 2.05) is 0 Å². The van der Waals surface area contributed by atoms with E-state index in [1.54, 1.807) is 6.92 Å². The predicted molar refractivity (Wildman–Crippen MR) is 51.9 cm³/mol. The van der Waals surface area contributed by atoms with Crippen molar-refractivity contribution in [2.75, 3.05) is 13.1 Å². The number of Topliss-reactive ketones (excluding diaryl/α,β-unsaturated/α-hetero) is 1. The quantitative estimate of drug-likeness (QED) is 0.608. The van der Waals surface area contributed by atoms with Crippen LogP contribution in [0.15, 0.2) is 4.99 Å². The summed E-state index contributed by atoms with van der Waals surface area (Å²) >= 11 is 0. The van der Waals surface area contributed by atoms with Gasteiger partial charge in [-0.1, -0.05) is 0 Å². The van der Waals surface area contributed by atoms with Gasteiger partial charge < -0.3 is 4.90 Å². The fraction of sp³-hybridized carbons (Fsp3) is 0.800. The van der Waals surface area contributed by atoms with Crippen molar-refractivity contribution in [3.63, 3.8) is 0 Å². The normalized spacial score (nSPS) is 27.9. The molecule has 2 rings (SSSR count). The number of ketones is 1. The summed E-state index contributed by atoms with van der Waals surface area (Å²) in [4.78, 5) is 18.0. The highest BCUT2D eigenvalue weighted by molar-refractivity contribution is 5.91. The van der Waals surface area contributed by atoms with Crippen LogP contribution in [0.4, 0.5) is 0 Å². The molecule has 13 heavy (non-hydrogen) atoms. The third kappa shape index (κ3) is 1.60. The van der Waals surface area contributed by atoms with Gasteiger partial charge in [0.05, 0.1) is 11.9 Å². The van der Waals surface area contributed by atoms with Crippen LogP contribution in [0.5, 0.6) is 0 Å². The monoisotopic (exact) mass is 180 g/mol. The van der Waals surface area contributed by atoms with E-state index in [4.69, 9.17) is 0 Å². The van der Waals surface area contributed by atoms with Crippen molar-refractivity contribution in [1.29, 1.82) is 0 Å². The van der Waals surface area contributed by atoms with Gasteiger partial charge >= 0.3 is 0 Å². The Balaban J connectivity index is 2.08. The lowest BCUT2D eigenvalue weighted by Gasteiger charge is -2.24. The standard InChI is InChI=1S/C10H16N2O/c1-8(13)9-4-3-7-12(9)10-5-2-6-11-10/h9H,2-7H2,1H3. The van der Waals surface area contributed by atoms with Gasteiger partial charge in [-0.3, -0.25) is 9.79 Å². The smallest absolute Gasteiger partial charge is 0.152 e. The second-order valence-electron chi connectivity index (χ2n) is 3.86. The Bertz CT molecular complexity index is 247. The molecular formula is C10H16N2O. The summed E-state index contributed by atoms with van der Waals surface area (Å²) in [6, 6.07) is 0.136. The zero-order chi connectivity index (χ0) is 9.26. The second-order valence-corrected chi connectivity index (χ2v) is 3.86. The zero-order valence-electron chi connectivity index (χ0n) is 8.12. The molecule has 3 nitrogen and oxygen atoms in total. The van der Waals surface area contributed by atoms with E-state index in [2.05, 4.69) is 9.89 Å². The van der Waals surface area contributed by atoms with Crippen LogP contribution in [-0.2, 0) is 4.79 Å². The van der Waals surface area contributed by atoms with Crippen LogP contribution in [0.3, 0.4) is 0 Å². The molecule has 3 heteroatoms. The fourth-order valence-corrected chi connectivity index (χ4v) is 2.26. The topological polar surface area (TPSA) is 32.7 Å². The van der Waals surface area contributed by atoms with Gasteiger partial charge in [0, 0.05) is 19.5 Å². The molecule has 72 valence electrons. The minimum atomic E-state index is 0.136. The van der Waals surface area contributed by atoms with E-state index >= 15 is 0 Å². The number of carbonyl (C=O) groups is 1. The van der Waals surface area contributed by atoms with Gasteiger partial charge in [0.15, 0.2) is 5.78 Å².